The lowest BCUT2D eigenvalue weighted by molar-refractivity contribution is 0.475. The molecule has 7 heteroatoms. The van der Waals surface area contributed by atoms with Crippen molar-refractivity contribution in [1.82, 2.24) is 4.72 Å². The number of hydrogen-bond acceptors (Lipinski definition) is 3. The number of hydrogen-bond donors (Lipinski definition) is 2. The van der Waals surface area contributed by atoms with Crippen molar-refractivity contribution in [2.45, 2.75) is 11.3 Å². The second-order valence-electron chi connectivity index (χ2n) is 4.39. The molecule has 0 aliphatic carbocycles. The molecule has 0 aliphatic rings. The van der Waals surface area contributed by atoms with Gasteiger partial charge in [0.15, 0.2) is 11.6 Å². The van der Waals surface area contributed by atoms with Crippen LogP contribution in [0.3, 0.4) is 0 Å². The van der Waals surface area contributed by atoms with Crippen LogP contribution in [-0.4, -0.2) is 20.1 Å². The third-order valence-corrected chi connectivity index (χ3v) is 4.30. The highest BCUT2D eigenvalue weighted by Crippen LogP contribution is 2.14. The van der Waals surface area contributed by atoms with E-state index >= 15 is 0 Å². The van der Waals surface area contributed by atoms with E-state index in [2.05, 4.69) is 4.72 Å². The number of aromatic hydroxyl groups is 1. The van der Waals surface area contributed by atoms with Gasteiger partial charge in [0.05, 0.1) is 4.90 Å². The zero-order valence-corrected chi connectivity index (χ0v) is 11.7. The predicted molar refractivity (Wildman–Crippen MR) is 73.4 cm³/mol. The highest BCUT2D eigenvalue weighted by Gasteiger charge is 2.15. The molecule has 0 unspecified atom stereocenters. The maximum Gasteiger partial charge on any atom is 0.240 e. The Balaban J connectivity index is 2.01. The Bertz CT molecular complexity index is 730. The summed E-state index contributed by atoms with van der Waals surface area (Å²) in [5.74, 6) is -2.18. The number of phenols is 1. The Morgan fingerprint density at radius 2 is 1.67 bits per heavy atom. The molecule has 0 heterocycles. The third kappa shape index (κ3) is 3.99. The van der Waals surface area contributed by atoms with E-state index in [4.69, 9.17) is 5.11 Å². The van der Waals surface area contributed by atoms with Crippen LogP contribution in [0.15, 0.2) is 47.4 Å². The summed E-state index contributed by atoms with van der Waals surface area (Å²) < 4.78 is 51.9. The topological polar surface area (TPSA) is 66.4 Å². The van der Waals surface area contributed by atoms with E-state index in [0.717, 1.165) is 17.7 Å². The van der Waals surface area contributed by atoms with Crippen LogP contribution in [0.2, 0.25) is 0 Å². The van der Waals surface area contributed by atoms with Crippen LogP contribution in [0.5, 0.6) is 5.75 Å². The molecule has 2 aromatic carbocycles. The Morgan fingerprint density at radius 1 is 1.00 bits per heavy atom. The number of benzene rings is 2. The third-order valence-electron chi connectivity index (χ3n) is 2.84. The molecule has 21 heavy (non-hydrogen) atoms. The molecule has 2 rings (SSSR count). The SMILES string of the molecule is O=S(=O)(NCCc1ccc(O)cc1)c1ccc(F)c(F)c1. The normalized spacial score (nSPS) is 11.5. The van der Waals surface area contributed by atoms with E-state index in [1.807, 2.05) is 0 Å². The lowest BCUT2D eigenvalue weighted by Gasteiger charge is -2.07. The summed E-state index contributed by atoms with van der Waals surface area (Å²) in [7, 11) is -3.88. The van der Waals surface area contributed by atoms with Gasteiger partial charge in [0.1, 0.15) is 5.75 Å². The van der Waals surface area contributed by atoms with Crippen LogP contribution in [0.1, 0.15) is 5.56 Å². The summed E-state index contributed by atoms with van der Waals surface area (Å²) in [5, 5.41) is 9.13. The molecule has 112 valence electrons. The summed E-state index contributed by atoms with van der Waals surface area (Å²) in [4.78, 5) is -0.327. The molecule has 0 bridgehead atoms. The second-order valence-corrected chi connectivity index (χ2v) is 6.16. The van der Waals surface area contributed by atoms with Crippen LogP contribution in [0.4, 0.5) is 8.78 Å². The fraction of sp³-hybridized carbons (Fsp3) is 0.143. The van der Waals surface area contributed by atoms with Crippen LogP contribution < -0.4 is 4.72 Å². The first-order valence-electron chi connectivity index (χ1n) is 6.11. The molecule has 0 amide bonds. The van der Waals surface area contributed by atoms with E-state index in [1.54, 1.807) is 12.1 Å². The zero-order valence-electron chi connectivity index (χ0n) is 10.9. The van der Waals surface area contributed by atoms with Crippen molar-refractivity contribution in [2.75, 3.05) is 6.54 Å². The molecule has 0 aliphatic heterocycles. The molecule has 0 spiro atoms. The molecule has 0 fully saturated rings. The number of phenolic OH excluding ortho intramolecular Hbond substituents is 1. The molecule has 0 atom stereocenters. The first-order valence-corrected chi connectivity index (χ1v) is 7.59. The number of sulfonamides is 1. The molecule has 0 radical (unpaired) electrons. The minimum Gasteiger partial charge on any atom is -0.508 e. The first kappa shape index (κ1) is 15.4. The van der Waals surface area contributed by atoms with Gasteiger partial charge in [-0.25, -0.2) is 21.9 Å². The van der Waals surface area contributed by atoms with E-state index in [0.29, 0.717) is 12.5 Å². The largest absolute Gasteiger partial charge is 0.508 e. The summed E-state index contributed by atoms with van der Waals surface area (Å²) in [6.07, 6.45) is 0.406. The van der Waals surface area contributed by atoms with Gasteiger partial charge in [0.25, 0.3) is 0 Å². The summed E-state index contributed by atoms with van der Waals surface area (Å²) in [6.45, 7) is 0.103. The van der Waals surface area contributed by atoms with Gasteiger partial charge in [-0.1, -0.05) is 12.1 Å². The van der Waals surface area contributed by atoms with Crippen molar-refractivity contribution in [3.63, 3.8) is 0 Å². The Hall–Kier alpha value is -1.99. The van der Waals surface area contributed by atoms with E-state index in [9.17, 15) is 17.2 Å². The van der Waals surface area contributed by atoms with Gasteiger partial charge in [-0.3, -0.25) is 0 Å². The zero-order chi connectivity index (χ0) is 15.5. The molecular formula is C14H13F2NO3S. The highest BCUT2D eigenvalue weighted by atomic mass is 32.2. The average Bonchev–Trinajstić information content (AvgIpc) is 2.44. The van der Waals surface area contributed by atoms with Crippen LogP contribution >= 0.6 is 0 Å². The van der Waals surface area contributed by atoms with E-state index in [1.165, 1.54) is 12.1 Å². The average molecular weight is 313 g/mol. The van der Waals surface area contributed by atoms with Gasteiger partial charge >= 0.3 is 0 Å². The van der Waals surface area contributed by atoms with Crippen molar-refractivity contribution < 1.29 is 22.3 Å². The fourth-order valence-electron chi connectivity index (χ4n) is 1.72. The lowest BCUT2D eigenvalue weighted by atomic mass is 10.1. The highest BCUT2D eigenvalue weighted by molar-refractivity contribution is 7.89. The van der Waals surface area contributed by atoms with Crippen molar-refractivity contribution in [3.8, 4) is 5.75 Å². The monoisotopic (exact) mass is 313 g/mol. The number of nitrogens with one attached hydrogen (secondary N) is 1. The number of halogens is 2. The standard InChI is InChI=1S/C14H13F2NO3S/c15-13-6-5-12(9-14(13)16)21(19,20)17-8-7-10-1-3-11(18)4-2-10/h1-6,9,17-18H,7-8H2. The van der Waals surface area contributed by atoms with Gasteiger partial charge in [0, 0.05) is 6.54 Å². The van der Waals surface area contributed by atoms with Crippen molar-refractivity contribution in [1.29, 1.82) is 0 Å². The quantitative estimate of drug-likeness (QED) is 0.889. The van der Waals surface area contributed by atoms with Gasteiger partial charge in [-0.05, 0) is 42.3 Å². The predicted octanol–water partition coefficient (Wildman–Crippen LogP) is 2.19. The Labute approximate surface area is 121 Å². The Kier molecular flexibility index (Phi) is 4.54. The molecule has 4 nitrogen and oxygen atoms in total. The van der Waals surface area contributed by atoms with Crippen LogP contribution in [0.25, 0.3) is 0 Å². The van der Waals surface area contributed by atoms with E-state index < -0.39 is 21.7 Å². The molecule has 2 aromatic rings. The van der Waals surface area contributed by atoms with Gasteiger partial charge < -0.3 is 5.11 Å². The van der Waals surface area contributed by atoms with Crippen molar-refractivity contribution in [2.24, 2.45) is 0 Å². The van der Waals surface area contributed by atoms with Gasteiger partial charge in [-0.2, -0.15) is 0 Å². The smallest absolute Gasteiger partial charge is 0.240 e. The minimum absolute atomic E-state index is 0.103. The summed E-state index contributed by atoms with van der Waals surface area (Å²) in [6, 6.07) is 8.74. The first-order chi connectivity index (χ1) is 9.88. The van der Waals surface area contributed by atoms with Crippen LogP contribution in [-0.2, 0) is 16.4 Å². The molecular weight excluding hydrogens is 300 g/mol. The second kappa shape index (κ2) is 6.19. The minimum atomic E-state index is -3.88. The summed E-state index contributed by atoms with van der Waals surface area (Å²) in [5.41, 5.74) is 0.834. The maximum atomic E-state index is 13.0. The lowest BCUT2D eigenvalue weighted by Crippen LogP contribution is -2.26. The molecule has 0 saturated carbocycles. The van der Waals surface area contributed by atoms with Gasteiger partial charge in [0.2, 0.25) is 10.0 Å². The van der Waals surface area contributed by atoms with E-state index in [-0.39, 0.29) is 17.2 Å². The van der Waals surface area contributed by atoms with Crippen molar-refractivity contribution >= 4 is 10.0 Å². The maximum absolute atomic E-state index is 13.0. The molecule has 0 saturated heterocycles. The Morgan fingerprint density at radius 3 is 2.29 bits per heavy atom. The van der Waals surface area contributed by atoms with Crippen LogP contribution in [0, 0.1) is 11.6 Å². The van der Waals surface area contributed by atoms with Gasteiger partial charge in [-0.15, -0.1) is 0 Å². The fourth-order valence-corrected chi connectivity index (χ4v) is 2.76. The summed E-state index contributed by atoms with van der Waals surface area (Å²) >= 11 is 0. The number of rotatable bonds is 5. The molecule has 2 N–H and O–H groups in total. The molecule has 0 aromatic heterocycles. The van der Waals surface area contributed by atoms with Crippen molar-refractivity contribution in [3.05, 3.63) is 59.7 Å².